The first-order valence-corrected chi connectivity index (χ1v) is 13.1. The molecule has 0 amide bonds. The maximum atomic E-state index is 2.78. The van der Waals surface area contributed by atoms with E-state index in [-0.39, 0.29) is 0 Å². The average Bonchev–Trinajstić information content (AvgIpc) is 2.48. The molecular weight excluding hydrogens is 356 g/mol. The van der Waals surface area contributed by atoms with Crippen molar-refractivity contribution in [2.75, 3.05) is 32.4 Å². The molecule has 0 aromatic rings. The highest BCUT2D eigenvalue weighted by molar-refractivity contribution is 8.76. The number of piperidine rings is 1. The molecule has 2 nitrogen and oxygen atoms in total. The molecule has 2 saturated heterocycles. The molecule has 154 valence electrons. The summed E-state index contributed by atoms with van der Waals surface area (Å²) in [7, 11) is 3.97. The van der Waals surface area contributed by atoms with Gasteiger partial charge in [0.05, 0.1) is 0 Å². The fourth-order valence-electron chi connectivity index (χ4n) is 4.41. The Balaban J connectivity index is 1.84. The van der Waals surface area contributed by atoms with Crippen molar-refractivity contribution in [2.45, 2.75) is 97.4 Å². The van der Waals surface area contributed by atoms with Crippen LogP contribution >= 0.6 is 21.6 Å². The highest BCUT2D eigenvalue weighted by atomic mass is 33.1. The molecule has 2 aliphatic heterocycles. The van der Waals surface area contributed by atoms with Crippen LogP contribution in [0, 0.1) is 10.8 Å². The minimum absolute atomic E-state index is 0.314. The van der Waals surface area contributed by atoms with E-state index >= 15 is 0 Å². The topological polar surface area (TPSA) is 6.48 Å². The Morgan fingerprint density at radius 1 is 0.846 bits per heavy atom. The van der Waals surface area contributed by atoms with E-state index in [0.717, 1.165) is 5.25 Å². The molecule has 0 bridgehead atoms. The number of nitrogens with zero attached hydrogens (tertiary/aromatic N) is 2. The SMILES string of the molecule is CSSC1CN(C(C)(C)CCC(C)(C)N2CCC(C)(C(C)(C)C)CC2)C1. The third kappa shape index (κ3) is 5.15. The molecule has 2 rings (SSSR count). The van der Waals surface area contributed by atoms with Crippen LogP contribution in [0.2, 0.25) is 0 Å². The first kappa shape index (κ1) is 22.9. The predicted octanol–water partition coefficient (Wildman–Crippen LogP) is 6.17. The normalized spacial score (nSPS) is 23.9. The van der Waals surface area contributed by atoms with E-state index in [4.69, 9.17) is 0 Å². The van der Waals surface area contributed by atoms with Gasteiger partial charge in [-0.2, -0.15) is 0 Å². The van der Waals surface area contributed by atoms with Crippen LogP contribution < -0.4 is 0 Å². The molecule has 0 saturated carbocycles. The Bertz CT molecular complexity index is 453. The van der Waals surface area contributed by atoms with Crippen LogP contribution in [-0.4, -0.2) is 58.6 Å². The lowest BCUT2D eigenvalue weighted by molar-refractivity contribution is -0.0241. The summed E-state index contributed by atoms with van der Waals surface area (Å²) in [5.41, 5.74) is 1.55. The van der Waals surface area contributed by atoms with Gasteiger partial charge in [-0.1, -0.05) is 49.3 Å². The highest BCUT2D eigenvalue weighted by Crippen LogP contribution is 2.47. The zero-order valence-corrected chi connectivity index (χ0v) is 20.6. The largest absolute Gasteiger partial charge is 0.298 e. The van der Waals surface area contributed by atoms with Gasteiger partial charge in [0, 0.05) is 29.4 Å². The summed E-state index contributed by atoms with van der Waals surface area (Å²) in [5, 5.41) is 0.842. The zero-order chi connectivity index (χ0) is 19.8. The molecule has 0 unspecified atom stereocenters. The quantitative estimate of drug-likeness (QED) is 0.471. The van der Waals surface area contributed by atoms with Gasteiger partial charge in [0.25, 0.3) is 0 Å². The van der Waals surface area contributed by atoms with Gasteiger partial charge >= 0.3 is 0 Å². The lowest BCUT2D eigenvalue weighted by Gasteiger charge is -2.53. The lowest BCUT2D eigenvalue weighted by Crippen LogP contribution is -2.59. The molecule has 2 heterocycles. The summed E-state index contributed by atoms with van der Waals surface area (Å²) in [6, 6.07) is 0. The van der Waals surface area contributed by atoms with E-state index in [0.29, 0.717) is 21.9 Å². The van der Waals surface area contributed by atoms with Crippen LogP contribution in [0.25, 0.3) is 0 Å². The molecule has 0 aromatic heterocycles. The van der Waals surface area contributed by atoms with Crippen molar-refractivity contribution in [1.82, 2.24) is 9.80 Å². The summed E-state index contributed by atoms with van der Waals surface area (Å²) < 4.78 is 0. The van der Waals surface area contributed by atoms with Crippen LogP contribution in [0.1, 0.15) is 81.1 Å². The Morgan fingerprint density at radius 3 is 1.73 bits per heavy atom. The zero-order valence-electron chi connectivity index (χ0n) is 18.9. The maximum Gasteiger partial charge on any atom is 0.0406 e. The number of likely N-dealkylation sites (tertiary alicyclic amines) is 2. The van der Waals surface area contributed by atoms with Gasteiger partial charge in [-0.25, -0.2) is 0 Å². The second kappa shape index (κ2) is 8.16. The molecule has 0 radical (unpaired) electrons. The third-order valence-electron chi connectivity index (χ3n) is 7.82. The van der Waals surface area contributed by atoms with Gasteiger partial charge in [0.2, 0.25) is 0 Å². The van der Waals surface area contributed by atoms with Crippen molar-refractivity contribution in [3.05, 3.63) is 0 Å². The molecule has 0 aliphatic carbocycles. The predicted molar refractivity (Wildman–Crippen MR) is 122 cm³/mol. The minimum Gasteiger partial charge on any atom is -0.298 e. The van der Waals surface area contributed by atoms with E-state index in [9.17, 15) is 0 Å². The summed E-state index contributed by atoms with van der Waals surface area (Å²) >= 11 is 0. The summed E-state index contributed by atoms with van der Waals surface area (Å²) in [4.78, 5) is 5.48. The third-order valence-corrected chi connectivity index (χ3v) is 9.98. The van der Waals surface area contributed by atoms with Crippen molar-refractivity contribution in [3.8, 4) is 0 Å². The van der Waals surface area contributed by atoms with E-state index in [1.807, 2.05) is 10.8 Å². The van der Waals surface area contributed by atoms with Crippen LogP contribution in [-0.2, 0) is 0 Å². The van der Waals surface area contributed by atoms with E-state index < -0.39 is 0 Å². The first-order chi connectivity index (χ1) is 11.8. The standard InChI is InChI=1S/C22H44N2S2/c1-19(2,3)22(8)12-14-23(15-13-22)20(4,5)10-11-21(6,7)24-16-18(17-24)26-25-9/h18H,10-17H2,1-9H3. The van der Waals surface area contributed by atoms with Gasteiger partial charge in [0.1, 0.15) is 0 Å². The van der Waals surface area contributed by atoms with Crippen molar-refractivity contribution in [2.24, 2.45) is 10.8 Å². The Hall–Kier alpha value is 0.620. The number of hydrogen-bond acceptors (Lipinski definition) is 4. The highest BCUT2D eigenvalue weighted by Gasteiger charge is 2.43. The van der Waals surface area contributed by atoms with Gasteiger partial charge in [-0.05, 0) is 83.6 Å². The van der Waals surface area contributed by atoms with Gasteiger partial charge < -0.3 is 0 Å². The Labute approximate surface area is 172 Å². The molecule has 0 N–H and O–H groups in total. The minimum atomic E-state index is 0.314. The molecule has 4 heteroatoms. The number of hydrogen-bond donors (Lipinski definition) is 0. The lowest BCUT2D eigenvalue weighted by atomic mass is 9.62. The molecule has 2 aliphatic rings. The van der Waals surface area contributed by atoms with Crippen molar-refractivity contribution in [1.29, 1.82) is 0 Å². The van der Waals surface area contributed by atoms with Gasteiger partial charge in [-0.15, -0.1) is 0 Å². The second-order valence-electron chi connectivity index (χ2n) is 11.2. The fraction of sp³-hybridized carbons (Fsp3) is 1.00. The fourth-order valence-corrected chi connectivity index (χ4v) is 6.35. The van der Waals surface area contributed by atoms with Crippen molar-refractivity contribution in [3.63, 3.8) is 0 Å². The molecule has 26 heavy (non-hydrogen) atoms. The molecule has 0 atom stereocenters. The van der Waals surface area contributed by atoms with Crippen LogP contribution in [0.4, 0.5) is 0 Å². The Morgan fingerprint density at radius 2 is 1.31 bits per heavy atom. The summed E-state index contributed by atoms with van der Waals surface area (Å²) in [6.45, 7) is 24.7. The monoisotopic (exact) mass is 400 g/mol. The molecule has 2 fully saturated rings. The van der Waals surface area contributed by atoms with E-state index in [1.165, 1.54) is 51.9 Å². The van der Waals surface area contributed by atoms with Crippen LogP contribution in [0.5, 0.6) is 0 Å². The average molecular weight is 401 g/mol. The molecular formula is C22H44N2S2. The van der Waals surface area contributed by atoms with Crippen LogP contribution in [0.3, 0.4) is 0 Å². The smallest absolute Gasteiger partial charge is 0.0406 e. The number of rotatable bonds is 7. The van der Waals surface area contributed by atoms with Crippen LogP contribution in [0.15, 0.2) is 0 Å². The first-order valence-electron chi connectivity index (χ1n) is 10.5. The van der Waals surface area contributed by atoms with E-state index in [1.54, 1.807) is 0 Å². The van der Waals surface area contributed by atoms with Crippen molar-refractivity contribution >= 4 is 21.6 Å². The second-order valence-corrected chi connectivity index (χ2v) is 14.0. The summed E-state index contributed by atoms with van der Waals surface area (Å²) in [6.07, 6.45) is 7.46. The van der Waals surface area contributed by atoms with E-state index in [2.05, 4.69) is 82.2 Å². The Kier molecular flexibility index (Phi) is 7.19. The molecule has 0 spiro atoms. The molecule has 0 aromatic carbocycles. The summed E-state index contributed by atoms with van der Waals surface area (Å²) in [5.74, 6) is 0. The maximum absolute atomic E-state index is 2.78. The van der Waals surface area contributed by atoms with Crippen molar-refractivity contribution < 1.29 is 0 Å². The van der Waals surface area contributed by atoms with Gasteiger partial charge in [-0.3, -0.25) is 9.80 Å². The van der Waals surface area contributed by atoms with Gasteiger partial charge in [0.15, 0.2) is 0 Å².